The molecular weight excluding hydrogens is 917 g/mol. The zero-order valence-electron chi connectivity index (χ0n) is 40.9. The molecule has 11 aromatic carbocycles. The van der Waals surface area contributed by atoms with E-state index in [-0.39, 0.29) is 6.17 Å². The van der Waals surface area contributed by atoms with Crippen molar-refractivity contribution >= 4 is 99.3 Å². The lowest BCUT2D eigenvalue weighted by Crippen LogP contribution is -2.37. The van der Waals surface area contributed by atoms with Crippen LogP contribution in [0.4, 0.5) is 0 Å². The first-order valence-corrected chi connectivity index (χ1v) is 25.5. The number of fused-ring (bicyclic) bond motifs is 13. The van der Waals surface area contributed by atoms with Crippen molar-refractivity contribution in [3.05, 3.63) is 270 Å². The molecule has 75 heavy (non-hydrogen) atoms. The molecule has 15 rings (SSSR count). The number of aromatic nitrogens is 2. The normalized spacial score (nSPS) is 15.9. The maximum Gasteiger partial charge on any atom is 0.204 e. The van der Waals surface area contributed by atoms with Gasteiger partial charge in [-0.25, -0.2) is 20.0 Å². The Labute approximate surface area is 432 Å². The van der Waals surface area contributed by atoms with Crippen LogP contribution in [-0.2, 0) is 0 Å². The summed E-state index contributed by atoms with van der Waals surface area (Å²) in [4.78, 5) is 23.7. The largest absolute Gasteiger partial charge is 0.333 e. The molecule has 8 nitrogen and oxygen atoms in total. The van der Waals surface area contributed by atoms with Gasteiger partial charge in [0.05, 0.1) is 22.1 Å². The summed E-state index contributed by atoms with van der Waals surface area (Å²) in [5.41, 5.74) is 10.3. The average Bonchev–Trinajstić information content (AvgIpc) is 4.05. The van der Waals surface area contributed by atoms with Crippen molar-refractivity contribution in [2.24, 2.45) is 20.0 Å². The Morgan fingerprint density at radius 1 is 0.373 bits per heavy atom. The van der Waals surface area contributed by atoms with Crippen LogP contribution in [0.1, 0.15) is 40.3 Å². The summed E-state index contributed by atoms with van der Waals surface area (Å²) < 4.78 is 4.88. The Bertz CT molecular complexity index is 4550. The lowest BCUT2D eigenvalue weighted by Gasteiger charge is -2.32. The van der Waals surface area contributed by atoms with Crippen LogP contribution >= 0.6 is 0 Å². The fourth-order valence-electron chi connectivity index (χ4n) is 11.8. The lowest BCUT2D eigenvalue weighted by atomic mass is 9.94. The van der Waals surface area contributed by atoms with Crippen LogP contribution in [0, 0.1) is 0 Å². The second kappa shape index (κ2) is 17.1. The number of amidine groups is 4. The minimum atomic E-state index is -0.598. The van der Waals surface area contributed by atoms with Gasteiger partial charge < -0.3 is 14.8 Å². The minimum Gasteiger partial charge on any atom is -0.333 e. The second-order valence-corrected chi connectivity index (χ2v) is 19.4. The van der Waals surface area contributed by atoms with E-state index in [9.17, 15) is 0 Å². The standard InChI is InChI=1S/C67H46N8/c1-73-65(44-24-9-4-10-25-44)69-63(43-22-7-3-8-23-43)70-66(73)46-27-19-26-45(40-46)64-68-62(42-20-5-2-6-21-42)71-67(72-64)75-59-35-18-16-33-54(59)56-39-38-55-53-32-15-17-34-58(53)74(60(55)61(56)75)47-36-37-52-50-30-12-11-28-48(50)49-29-13-14-31-51(49)57(52)41-47/h2-41,66-67H,1H3,(H,68,71,72). The molecule has 4 heterocycles. The summed E-state index contributed by atoms with van der Waals surface area (Å²) in [6.07, 6.45) is -0.970. The van der Waals surface area contributed by atoms with Crippen LogP contribution in [0.25, 0.3) is 81.6 Å². The number of rotatable bonds is 7. The van der Waals surface area contributed by atoms with Gasteiger partial charge in [-0.3, -0.25) is 4.57 Å². The summed E-state index contributed by atoms with van der Waals surface area (Å²) in [5.74, 6) is 2.90. The number of nitrogens with zero attached hydrogens (tertiary/aromatic N) is 7. The topological polar surface area (TPSA) is 74.6 Å². The molecule has 0 spiro atoms. The molecule has 13 aromatic rings. The van der Waals surface area contributed by atoms with Crippen LogP contribution in [0.5, 0.6) is 0 Å². The minimum absolute atomic E-state index is 0.372. The molecule has 0 saturated heterocycles. The first-order chi connectivity index (χ1) is 37.1. The van der Waals surface area contributed by atoms with Crippen molar-refractivity contribution in [1.29, 1.82) is 0 Å². The van der Waals surface area contributed by atoms with E-state index in [0.717, 1.165) is 78.0 Å². The van der Waals surface area contributed by atoms with Gasteiger partial charge in [0, 0.05) is 56.5 Å². The Morgan fingerprint density at radius 3 is 1.56 bits per heavy atom. The molecule has 2 aliphatic heterocycles. The van der Waals surface area contributed by atoms with Crippen molar-refractivity contribution in [1.82, 2.24) is 19.4 Å². The van der Waals surface area contributed by atoms with Crippen molar-refractivity contribution in [3.8, 4) is 5.69 Å². The molecule has 2 atom stereocenters. The van der Waals surface area contributed by atoms with Gasteiger partial charge in [-0.15, -0.1) is 0 Å². The maximum absolute atomic E-state index is 5.67. The molecule has 354 valence electrons. The van der Waals surface area contributed by atoms with Crippen LogP contribution < -0.4 is 5.32 Å². The third-order valence-electron chi connectivity index (χ3n) is 15.2. The SMILES string of the molecule is CN1C(c2ccccc2)=NC(c2ccccc2)=NC1c1cccc(C2=NC(n3c4ccccc4c4ccc5c6ccccc6n(-c6ccc7c8ccccc8c8ccccc8c7c6)c5c43)NC(c3ccccc3)=N2)c1. The van der Waals surface area contributed by atoms with Gasteiger partial charge in [0.15, 0.2) is 17.8 Å². The van der Waals surface area contributed by atoms with Crippen LogP contribution in [0.3, 0.4) is 0 Å². The van der Waals surface area contributed by atoms with Crippen LogP contribution in [0.2, 0.25) is 0 Å². The number of para-hydroxylation sites is 2. The summed E-state index contributed by atoms with van der Waals surface area (Å²) in [5, 5.41) is 16.0. The molecule has 0 bridgehead atoms. The summed E-state index contributed by atoms with van der Waals surface area (Å²) in [6.45, 7) is 0. The first-order valence-electron chi connectivity index (χ1n) is 25.5. The highest BCUT2D eigenvalue weighted by Gasteiger charge is 2.30. The Hall–Kier alpha value is -9.92. The van der Waals surface area contributed by atoms with Gasteiger partial charge in [0.2, 0.25) is 6.29 Å². The van der Waals surface area contributed by atoms with E-state index in [4.69, 9.17) is 20.0 Å². The number of hydrogen-bond acceptors (Lipinski definition) is 6. The molecule has 8 heteroatoms. The summed E-state index contributed by atoms with van der Waals surface area (Å²) >= 11 is 0. The van der Waals surface area contributed by atoms with Gasteiger partial charge in [0.25, 0.3) is 0 Å². The Kier molecular flexibility index (Phi) is 9.75. The predicted molar refractivity (Wildman–Crippen MR) is 311 cm³/mol. The number of benzene rings is 11. The quantitative estimate of drug-likeness (QED) is 0.162. The van der Waals surface area contributed by atoms with Gasteiger partial charge in [-0.2, -0.15) is 0 Å². The molecule has 2 aromatic heterocycles. The highest BCUT2D eigenvalue weighted by molar-refractivity contribution is 6.27. The molecule has 1 N–H and O–H groups in total. The number of aliphatic imine (C=N–C) groups is 4. The van der Waals surface area contributed by atoms with E-state index in [2.05, 4.69) is 239 Å². The number of hydrogen-bond donors (Lipinski definition) is 1. The summed E-state index contributed by atoms with van der Waals surface area (Å²) in [6, 6.07) is 86.3. The Morgan fingerprint density at radius 2 is 0.880 bits per heavy atom. The highest BCUT2D eigenvalue weighted by atomic mass is 15.3. The first kappa shape index (κ1) is 42.7. The van der Waals surface area contributed by atoms with Gasteiger partial charge in [-0.1, -0.05) is 212 Å². The molecular formula is C67H46N8. The monoisotopic (exact) mass is 962 g/mol. The summed E-state index contributed by atoms with van der Waals surface area (Å²) in [7, 11) is 2.07. The fourth-order valence-corrected chi connectivity index (χ4v) is 11.8. The van der Waals surface area contributed by atoms with E-state index >= 15 is 0 Å². The van der Waals surface area contributed by atoms with E-state index < -0.39 is 6.29 Å². The van der Waals surface area contributed by atoms with Crippen LogP contribution in [0.15, 0.2) is 263 Å². The highest BCUT2D eigenvalue weighted by Crippen LogP contribution is 2.44. The van der Waals surface area contributed by atoms with E-state index in [1.807, 2.05) is 30.3 Å². The van der Waals surface area contributed by atoms with E-state index in [1.54, 1.807) is 0 Å². The van der Waals surface area contributed by atoms with Crippen molar-refractivity contribution in [2.75, 3.05) is 7.05 Å². The molecule has 0 radical (unpaired) electrons. The molecule has 2 aliphatic rings. The predicted octanol–water partition coefficient (Wildman–Crippen LogP) is 15.1. The maximum atomic E-state index is 5.67. The fraction of sp³-hybridized carbons (Fsp3) is 0.0448. The van der Waals surface area contributed by atoms with Gasteiger partial charge in [-0.05, 0) is 68.2 Å². The lowest BCUT2D eigenvalue weighted by molar-refractivity contribution is 0.383. The Balaban J connectivity index is 0.951. The smallest absolute Gasteiger partial charge is 0.204 e. The third-order valence-corrected chi connectivity index (χ3v) is 15.2. The molecule has 0 fully saturated rings. The van der Waals surface area contributed by atoms with Crippen molar-refractivity contribution in [3.63, 3.8) is 0 Å². The third kappa shape index (κ3) is 6.84. The van der Waals surface area contributed by atoms with Crippen LogP contribution in [-0.4, -0.2) is 44.4 Å². The molecule has 2 unspecified atom stereocenters. The molecule has 0 saturated carbocycles. The average molecular weight is 963 g/mol. The van der Waals surface area contributed by atoms with Crippen molar-refractivity contribution < 1.29 is 0 Å². The van der Waals surface area contributed by atoms with Crippen molar-refractivity contribution in [2.45, 2.75) is 12.5 Å². The van der Waals surface area contributed by atoms with Gasteiger partial charge in [0.1, 0.15) is 11.7 Å². The number of nitrogens with one attached hydrogen (secondary N) is 1. The molecule has 0 amide bonds. The molecule has 0 aliphatic carbocycles. The van der Waals surface area contributed by atoms with E-state index in [1.165, 1.54) is 43.1 Å². The van der Waals surface area contributed by atoms with E-state index in [0.29, 0.717) is 11.7 Å². The second-order valence-electron chi connectivity index (χ2n) is 19.4. The zero-order valence-corrected chi connectivity index (χ0v) is 40.9. The zero-order chi connectivity index (χ0) is 49.6. The van der Waals surface area contributed by atoms with Gasteiger partial charge >= 0.3 is 0 Å².